The van der Waals surface area contributed by atoms with E-state index in [9.17, 15) is 4.79 Å². The fourth-order valence-corrected chi connectivity index (χ4v) is 1.15. The van der Waals surface area contributed by atoms with Crippen LogP contribution >= 0.6 is 0 Å². The molecule has 0 atom stereocenters. The summed E-state index contributed by atoms with van der Waals surface area (Å²) in [6, 6.07) is 0. The standard InChI is InChI=1S/C10H18N4O3/c1-2-5-16-6-7-17-10(15)9-8-14(4-3-11)13-12-9/h8H,2-7,11H2,1H3. The molecule has 1 heterocycles. The number of rotatable bonds is 8. The molecule has 1 rings (SSSR count). The third kappa shape index (κ3) is 4.92. The molecule has 0 amide bonds. The first kappa shape index (κ1) is 13.6. The van der Waals surface area contributed by atoms with Crippen LogP contribution in [0.15, 0.2) is 6.20 Å². The van der Waals surface area contributed by atoms with E-state index in [2.05, 4.69) is 10.3 Å². The van der Waals surface area contributed by atoms with Crippen molar-refractivity contribution in [1.82, 2.24) is 15.0 Å². The monoisotopic (exact) mass is 242 g/mol. The van der Waals surface area contributed by atoms with Gasteiger partial charge >= 0.3 is 5.97 Å². The SMILES string of the molecule is CCCOCCOC(=O)c1cn(CCN)nn1. The van der Waals surface area contributed by atoms with Gasteiger partial charge in [-0.1, -0.05) is 12.1 Å². The van der Waals surface area contributed by atoms with Crippen LogP contribution in [0.4, 0.5) is 0 Å². The van der Waals surface area contributed by atoms with Crippen molar-refractivity contribution >= 4 is 5.97 Å². The smallest absolute Gasteiger partial charge is 0.360 e. The van der Waals surface area contributed by atoms with Gasteiger partial charge in [-0.2, -0.15) is 0 Å². The zero-order chi connectivity index (χ0) is 12.5. The Labute approximate surface area is 99.9 Å². The van der Waals surface area contributed by atoms with Crippen LogP contribution < -0.4 is 5.73 Å². The van der Waals surface area contributed by atoms with E-state index in [4.69, 9.17) is 15.2 Å². The largest absolute Gasteiger partial charge is 0.458 e. The number of carbonyl (C=O) groups is 1. The summed E-state index contributed by atoms with van der Waals surface area (Å²) in [5, 5.41) is 7.43. The summed E-state index contributed by atoms with van der Waals surface area (Å²) < 4.78 is 11.6. The summed E-state index contributed by atoms with van der Waals surface area (Å²) in [4.78, 5) is 11.5. The Morgan fingerprint density at radius 1 is 1.47 bits per heavy atom. The van der Waals surface area contributed by atoms with Crippen molar-refractivity contribution in [2.45, 2.75) is 19.9 Å². The summed E-state index contributed by atoms with van der Waals surface area (Å²) in [5.74, 6) is -0.492. The highest BCUT2D eigenvalue weighted by Crippen LogP contribution is 1.96. The van der Waals surface area contributed by atoms with Gasteiger partial charge in [-0.25, -0.2) is 4.79 Å². The van der Waals surface area contributed by atoms with Gasteiger partial charge < -0.3 is 15.2 Å². The third-order valence-corrected chi connectivity index (χ3v) is 1.92. The van der Waals surface area contributed by atoms with Gasteiger partial charge in [0.1, 0.15) is 6.61 Å². The minimum absolute atomic E-state index is 0.189. The minimum atomic E-state index is -0.492. The Hall–Kier alpha value is -1.47. The average Bonchev–Trinajstić information content (AvgIpc) is 2.78. The highest BCUT2D eigenvalue weighted by atomic mass is 16.6. The maximum absolute atomic E-state index is 11.5. The fourth-order valence-electron chi connectivity index (χ4n) is 1.15. The Kier molecular flexibility index (Phi) is 6.19. The normalized spacial score (nSPS) is 10.5. The molecule has 1 aromatic heterocycles. The quantitative estimate of drug-likeness (QED) is 0.502. The van der Waals surface area contributed by atoms with Crippen LogP contribution in [0.1, 0.15) is 23.8 Å². The molecule has 7 nitrogen and oxygen atoms in total. The van der Waals surface area contributed by atoms with E-state index in [1.807, 2.05) is 6.92 Å². The first-order chi connectivity index (χ1) is 8.27. The molecule has 0 unspecified atom stereocenters. The molecular weight excluding hydrogens is 224 g/mol. The Morgan fingerprint density at radius 3 is 3.00 bits per heavy atom. The molecule has 0 aliphatic carbocycles. The van der Waals surface area contributed by atoms with E-state index in [1.54, 1.807) is 0 Å². The third-order valence-electron chi connectivity index (χ3n) is 1.92. The van der Waals surface area contributed by atoms with Crippen molar-refractivity contribution < 1.29 is 14.3 Å². The molecule has 0 saturated carbocycles. The van der Waals surface area contributed by atoms with E-state index >= 15 is 0 Å². The van der Waals surface area contributed by atoms with Crippen LogP contribution in [0.2, 0.25) is 0 Å². The lowest BCUT2D eigenvalue weighted by Gasteiger charge is -2.03. The molecule has 0 bridgehead atoms. The molecule has 17 heavy (non-hydrogen) atoms. The summed E-state index contributed by atoms with van der Waals surface area (Å²) in [7, 11) is 0. The second-order valence-corrected chi connectivity index (χ2v) is 3.40. The number of esters is 1. The predicted octanol–water partition coefficient (Wildman–Crippen LogP) is -0.180. The summed E-state index contributed by atoms with van der Waals surface area (Å²) >= 11 is 0. The number of carbonyl (C=O) groups excluding carboxylic acids is 1. The van der Waals surface area contributed by atoms with Crippen molar-refractivity contribution in [2.75, 3.05) is 26.4 Å². The second-order valence-electron chi connectivity index (χ2n) is 3.40. The van der Waals surface area contributed by atoms with Crippen LogP contribution in [0.5, 0.6) is 0 Å². The van der Waals surface area contributed by atoms with Crippen LogP contribution in [0.3, 0.4) is 0 Å². The second kappa shape index (κ2) is 7.75. The van der Waals surface area contributed by atoms with Crippen LogP contribution in [0.25, 0.3) is 0 Å². The van der Waals surface area contributed by atoms with Gasteiger partial charge in [0.15, 0.2) is 5.69 Å². The number of ether oxygens (including phenoxy) is 2. The van der Waals surface area contributed by atoms with Crippen molar-refractivity contribution in [3.05, 3.63) is 11.9 Å². The van der Waals surface area contributed by atoms with Crippen LogP contribution in [0, 0.1) is 0 Å². The predicted molar refractivity (Wildman–Crippen MR) is 60.5 cm³/mol. The average molecular weight is 242 g/mol. The van der Waals surface area contributed by atoms with Gasteiger partial charge in [-0.15, -0.1) is 5.10 Å². The van der Waals surface area contributed by atoms with Gasteiger partial charge in [0.05, 0.1) is 19.3 Å². The van der Waals surface area contributed by atoms with Crippen molar-refractivity contribution in [3.8, 4) is 0 Å². The highest BCUT2D eigenvalue weighted by Gasteiger charge is 2.11. The number of hydrogen-bond acceptors (Lipinski definition) is 6. The van der Waals surface area contributed by atoms with Gasteiger partial charge in [0, 0.05) is 13.2 Å². The molecule has 0 aliphatic rings. The summed E-state index contributed by atoms with van der Waals surface area (Å²) in [5.41, 5.74) is 5.54. The van der Waals surface area contributed by atoms with Gasteiger partial charge in [0.25, 0.3) is 0 Å². The van der Waals surface area contributed by atoms with Gasteiger partial charge in [-0.05, 0) is 6.42 Å². The molecule has 0 radical (unpaired) electrons. The van der Waals surface area contributed by atoms with Crippen molar-refractivity contribution in [2.24, 2.45) is 5.73 Å². The van der Waals surface area contributed by atoms with Crippen molar-refractivity contribution in [1.29, 1.82) is 0 Å². The minimum Gasteiger partial charge on any atom is -0.458 e. The van der Waals surface area contributed by atoms with E-state index in [-0.39, 0.29) is 12.3 Å². The summed E-state index contributed by atoms with van der Waals surface area (Å²) in [6.07, 6.45) is 2.46. The van der Waals surface area contributed by atoms with Crippen LogP contribution in [-0.4, -0.2) is 47.3 Å². The zero-order valence-corrected chi connectivity index (χ0v) is 9.96. The molecule has 0 aliphatic heterocycles. The Morgan fingerprint density at radius 2 is 2.29 bits per heavy atom. The highest BCUT2D eigenvalue weighted by molar-refractivity contribution is 5.86. The lowest BCUT2D eigenvalue weighted by atomic mass is 10.5. The molecule has 0 aromatic carbocycles. The van der Waals surface area contributed by atoms with Crippen LogP contribution in [-0.2, 0) is 16.0 Å². The zero-order valence-electron chi connectivity index (χ0n) is 9.96. The van der Waals surface area contributed by atoms with Gasteiger partial charge in [-0.3, -0.25) is 4.68 Å². The lowest BCUT2D eigenvalue weighted by Crippen LogP contribution is -2.12. The molecule has 1 aromatic rings. The van der Waals surface area contributed by atoms with E-state index < -0.39 is 5.97 Å². The number of aromatic nitrogens is 3. The number of nitrogens with two attached hydrogens (primary N) is 1. The number of nitrogens with zero attached hydrogens (tertiary/aromatic N) is 3. The number of hydrogen-bond donors (Lipinski definition) is 1. The maximum Gasteiger partial charge on any atom is 0.360 e. The van der Waals surface area contributed by atoms with E-state index in [0.29, 0.717) is 26.3 Å². The summed E-state index contributed by atoms with van der Waals surface area (Å²) in [6.45, 7) is 4.29. The molecular formula is C10H18N4O3. The molecule has 0 fully saturated rings. The maximum atomic E-state index is 11.5. The van der Waals surface area contributed by atoms with E-state index in [1.165, 1.54) is 10.9 Å². The van der Waals surface area contributed by atoms with E-state index in [0.717, 1.165) is 6.42 Å². The molecule has 2 N–H and O–H groups in total. The molecule has 96 valence electrons. The fraction of sp³-hybridized carbons (Fsp3) is 0.700. The van der Waals surface area contributed by atoms with Gasteiger partial charge in [0.2, 0.25) is 0 Å². The molecule has 7 heteroatoms. The lowest BCUT2D eigenvalue weighted by molar-refractivity contribution is 0.0312. The van der Waals surface area contributed by atoms with Crippen molar-refractivity contribution in [3.63, 3.8) is 0 Å². The Bertz CT molecular complexity index is 340. The first-order valence-corrected chi connectivity index (χ1v) is 5.63. The Balaban J connectivity index is 2.26. The molecule has 0 saturated heterocycles. The molecule has 0 spiro atoms. The first-order valence-electron chi connectivity index (χ1n) is 5.63. The topological polar surface area (TPSA) is 92.3 Å².